The summed E-state index contributed by atoms with van der Waals surface area (Å²) in [4.78, 5) is 38.6. The summed E-state index contributed by atoms with van der Waals surface area (Å²) in [5.74, 6) is -0.192. The second kappa shape index (κ2) is 12.7. The number of ether oxygens (including phenoxy) is 1. The lowest BCUT2D eigenvalue weighted by Crippen LogP contribution is -2.57. The highest BCUT2D eigenvalue weighted by molar-refractivity contribution is 5.96. The summed E-state index contributed by atoms with van der Waals surface area (Å²) in [6, 6.07) is 6.11. The second-order valence-corrected chi connectivity index (χ2v) is 12.2. The van der Waals surface area contributed by atoms with Gasteiger partial charge in [-0.1, -0.05) is 24.8 Å². The molecule has 3 aromatic rings. The molecule has 3 aliphatic rings. The average molecular weight is 599 g/mol. The Bertz CT molecular complexity index is 1600. The Morgan fingerprint density at radius 3 is 2.82 bits per heavy atom. The molecule has 1 amide bonds. The van der Waals surface area contributed by atoms with Crippen molar-refractivity contribution < 1.29 is 13.9 Å². The molecular weight excluding hydrogens is 559 g/mol. The van der Waals surface area contributed by atoms with Gasteiger partial charge in [-0.25, -0.2) is 11.0 Å². The molecule has 2 aromatic heterocycles. The minimum atomic E-state index is -1.01. The van der Waals surface area contributed by atoms with Crippen LogP contribution in [0.1, 0.15) is 29.7 Å². The number of halogens is 1. The quantitative estimate of drug-likeness (QED) is 0.256. The largest absolute Gasteiger partial charge is 0.462 e. The fraction of sp³-hybridized carbons (Fsp3) is 0.485. The van der Waals surface area contributed by atoms with Crippen molar-refractivity contribution in [1.29, 1.82) is 0 Å². The molecule has 1 atom stereocenters. The first-order chi connectivity index (χ1) is 21.3. The van der Waals surface area contributed by atoms with Crippen molar-refractivity contribution in [2.24, 2.45) is 5.92 Å². The summed E-state index contributed by atoms with van der Waals surface area (Å²) in [5, 5.41) is 2.29. The normalized spacial score (nSPS) is 18.3. The van der Waals surface area contributed by atoms with Crippen LogP contribution in [-0.2, 0) is 17.8 Å². The fourth-order valence-corrected chi connectivity index (χ4v) is 6.42. The molecule has 11 heteroatoms. The van der Waals surface area contributed by atoms with Crippen molar-refractivity contribution in [3.63, 3.8) is 0 Å². The van der Waals surface area contributed by atoms with Crippen LogP contribution in [0.5, 0.6) is 6.01 Å². The van der Waals surface area contributed by atoms with Crippen LogP contribution in [0.2, 0.25) is 0 Å². The topological polar surface area (TPSA) is 82.3 Å². The van der Waals surface area contributed by atoms with Gasteiger partial charge >= 0.3 is 6.01 Å². The molecule has 44 heavy (non-hydrogen) atoms. The Morgan fingerprint density at radius 2 is 2.05 bits per heavy atom. The zero-order chi connectivity index (χ0) is 30.8. The highest BCUT2D eigenvalue weighted by Crippen LogP contribution is 2.35. The maximum absolute atomic E-state index is 13.8. The summed E-state index contributed by atoms with van der Waals surface area (Å²) >= 11 is 0. The van der Waals surface area contributed by atoms with Crippen molar-refractivity contribution in [3.8, 4) is 6.01 Å². The molecule has 1 aromatic carbocycles. The van der Waals surface area contributed by atoms with E-state index in [1.54, 1.807) is 0 Å². The van der Waals surface area contributed by atoms with Gasteiger partial charge in [0.25, 0.3) is 5.91 Å². The van der Waals surface area contributed by atoms with E-state index in [4.69, 9.17) is 21.3 Å². The minimum absolute atomic E-state index is 0.0701. The number of hydrogen-bond donors (Lipinski definition) is 0. The zero-order valence-electron chi connectivity index (χ0n) is 25.5. The minimum Gasteiger partial charge on any atom is -0.462 e. The smallest absolute Gasteiger partial charge is 0.318 e. The van der Waals surface area contributed by atoms with Gasteiger partial charge in [0.05, 0.1) is 24.1 Å². The lowest BCUT2D eigenvalue weighted by atomic mass is 10.0. The van der Waals surface area contributed by atoms with Crippen molar-refractivity contribution in [3.05, 3.63) is 71.2 Å². The molecule has 10 nitrogen and oxygen atoms in total. The average Bonchev–Trinajstić information content (AvgIpc) is 3.84. The lowest BCUT2D eigenvalue weighted by Gasteiger charge is -2.41. The van der Waals surface area contributed by atoms with E-state index in [0.29, 0.717) is 38.7 Å². The third kappa shape index (κ3) is 6.31. The highest BCUT2D eigenvalue weighted by Gasteiger charge is 2.36. The number of carbonyl (C=O) groups is 1. The number of pyridine rings is 1. The lowest BCUT2D eigenvalue weighted by molar-refractivity contribution is -0.131. The number of benzene rings is 1. The van der Waals surface area contributed by atoms with Gasteiger partial charge in [0.2, 0.25) is 6.54 Å². The number of anilines is 2. The van der Waals surface area contributed by atoms with E-state index < -0.39 is 17.8 Å². The number of likely N-dealkylation sites (N-methyl/N-ethyl adjacent to an activating group) is 1. The molecule has 1 saturated heterocycles. The number of rotatable bonds is 10. The Kier molecular flexibility index (Phi) is 8.62. The zero-order valence-corrected chi connectivity index (χ0v) is 25.5. The van der Waals surface area contributed by atoms with Crippen LogP contribution in [-0.4, -0.2) is 96.2 Å². The van der Waals surface area contributed by atoms with E-state index in [-0.39, 0.29) is 13.1 Å². The SMILES string of the molecule is [C-]#[N+]C[C@H]1CN(c2nc(OCCN(C)CC3CC3)nc3c2CCN(c2cncc4cccc(C)c24)C3)CCN1C(=O)C(=C)F. The maximum Gasteiger partial charge on any atom is 0.318 e. The summed E-state index contributed by atoms with van der Waals surface area (Å²) in [5.41, 5.74) is 4.21. The number of aromatic nitrogens is 3. The number of piperazine rings is 1. The molecule has 6 rings (SSSR count). The van der Waals surface area contributed by atoms with Crippen LogP contribution in [0.4, 0.5) is 15.9 Å². The van der Waals surface area contributed by atoms with Crippen LogP contribution in [0.3, 0.4) is 0 Å². The van der Waals surface area contributed by atoms with Crippen LogP contribution >= 0.6 is 0 Å². The van der Waals surface area contributed by atoms with Crippen LogP contribution in [0.15, 0.2) is 43.0 Å². The monoisotopic (exact) mass is 598 g/mol. The summed E-state index contributed by atoms with van der Waals surface area (Å²) in [7, 11) is 2.11. The summed E-state index contributed by atoms with van der Waals surface area (Å²) in [6.45, 7) is 17.6. The van der Waals surface area contributed by atoms with Crippen molar-refractivity contribution in [2.75, 3.05) is 69.3 Å². The molecule has 230 valence electrons. The van der Waals surface area contributed by atoms with Gasteiger partial charge in [0, 0.05) is 61.8 Å². The van der Waals surface area contributed by atoms with Gasteiger partial charge < -0.3 is 29.2 Å². The molecular formula is C33H39FN8O2. The van der Waals surface area contributed by atoms with Crippen LogP contribution in [0.25, 0.3) is 15.6 Å². The number of carbonyl (C=O) groups excluding carboxylic acids is 1. The first kappa shape index (κ1) is 29.8. The molecule has 0 spiro atoms. The highest BCUT2D eigenvalue weighted by atomic mass is 19.1. The number of hydrogen-bond acceptors (Lipinski definition) is 8. The van der Waals surface area contributed by atoms with Gasteiger partial charge in [-0.05, 0) is 44.7 Å². The van der Waals surface area contributed by atoms with E-state index in [0.717, 1.165) is 53.7 Å². The molecule has 0 radical (unpaired) electrons. The third-order valence-electron chi connectivity index (χ3n) is 8.88. The molecule has 2 aliphatic heterocycles. The third-order valence-corrected chi connectivity index (χ3v) is 8.88. The van der Waals surface area contributed by atoms with Gasteiger partial charge in [0.1, 0.15) is 18.5 Å². The molecule has 2 fully saturated rings. The van der Waals surface area contributed by atoms with E-state index >= 15 is 0 Å². The Hall–Kier alpha value is -4.30. The fourth-order valence-electron chi connectivity index (χ4n) is 6.42. The summed E-state index contributed by atoms with van der Waals surface area (Å²) < 4.78 is 20.0. The Morgan fingerprint density at radius 1 is 1.20 bits per heavy atom. The second-order valence-electron chi connectivity index (χ2n) is 12.2. The molecule has 0 bridgehead atoms. The molecule has 0 unspecified atom stereocenters. The van der Waals surface area contributed by atoms with E-state index in [2.05, 4.69) is 63.3 Å². The number of nitrogens with zero attached hydrogens (tertiary/aromatic N) is 8. The van der Waals surface area contributed by atoms with Crippen molar-refractivity contribution >= 4 is 28.2 Å². The maximum atomic E-state index is 13.8. The van der Waals surface area contributed by atoms with E-state index in [1.165, 1.54) is 28.7 Å². The standard InChI is InChI=1S/C33H39FN8O2/c1-22-6-5-7-25-16-36-18-29(30(22)25)40-11-10-27-28(21-40)37-33(44-15-14-39(4)19-24-8-9-24)38-31(27)41-12-13-42(32(43)23(2)34)26(20-41)17-35-3/h5-7,16,18,24,26H,2,8-15,17,19-21H2,1,4H3/t26-/m0/s1. The Labute approximate surface area is 258 Å². The molecule has 0 N–H and O–H groups in total. The van der Waals surface area contributed by atoms with E-state index in [9.17, 15) is 9.18 Å². The first-order valence-electron chi connectivity index (χ1n) is 15.3. The van der Waals surface area contributed by atoms with Crippen LogP contribution < -0.4 is 14.5 Å². The first-order valence-corrected chi connectivity index (χ1v) is 15.3. The molecule has 1 saturated carbocycles. The number of amides is 1. The number of fused-ring (bicyclic) bond motifs is 2. The molecule has 1 aliphatic carbocycles. The predicted octanol–water partition coefficient (Wildman–Crippen LogP) is 4.04. The van der Waals surface area contributed by atoms with Gasteiger partial charge in [-0.3, -0.25) is 9.78 Å². The van der Waals surface area contributed by atoms with Crippen molar-refractivity contribution in [2.45, 2.75) is 38.8 Å². The molecule has 4 heterocycles. The van der Waals surface area contributed by atoms with Crippen molar-refractivity contribution in [1.82, 2.24) is 24.8 Å². The van der Waals surface area contributed by atoms with Gasteiger partial charge in [-0.2, -0.15) is 9.97 Å². The number of aryl methyl sites for hydroxylation is 1. The van der Waals surface area contributed by atoms with Gasteiger partial charge in [-0.15, -0.1) is 0 Å². The van der Waals surface area contributed by atoms with Gasteiger partial charge in [0.15, 0.2) is 5.83 Å². The van der Waals surface area contributed by atoms with E-state index in [1.807, 2.05) is 12.4 Å². The summed E-state index contributed by atoms with van der Waals surface area (Å²) in [6.07, 6.45) is 7.15. The Balaban J connectivity index is 1.30. The predicted molar refractivity (Wildman–Crippen MR) is 168 cm³/mol. The van der Waals surface area contributed by atoms with Crippen LogP contribution in [0, 0.1) is 19.4 Å².